The molecule has 0 atom stereocenters. The minimum absolute atomic E-state index is 0.726. The van der Waals surface area contributed by atoms with E-state index in [-0.39, 0.29) is 0 Å². The molecule has 1 N–H and O–H groups in total. The molecule has 1 aromatic heterocycles. The lowest BCUT2D eigenvalue weighted by atomic mass is 10.0. The highest BCUT2D eigenvalue weighted by molar-refractivity contribution is 6.02. The summed E-state index contributed by atoms with van der Waals surface area (Å²) in [5, 5.41) is 3.19. The number of hydrogen-bond donors (Lipinski definition) is 1. The Hall–Kier alpha value is -2.64. The van der Waals surface area contributed by atoms with E-state index >= 15 is 0 Å². The fourth-order valence-corrected chi connectivity index (χ4v) is 1.74. The summed E-state index contributed by atoms with van der Waals surface area (Å²) in [5.74, 6) is 0.726. The van der Waals surface area contributed by atoms with Crippen molar-refractivity contribution >= 4 is 17.1 Å². The van der Waals surface area contributed by atoms with E-state index in [9.17, 15) is 0 Å². The molecule has 0 aromatic carbocycles. The van der Waals surface area contributed by atoms with Gasteiger partial charge in [-0.25, -0.2) is 4.98 Å². The molecule has 0 aliphatic carbocycles. The summed E-state index contributed by atoms with van der Waals surface area (Å²) >= 11 is 0. The van der Waals surface area contributed by atoms with Gasteiger partial charge < -0.3 is 5.32 Å². The molecule has 108 valence electrons. The van der Waals surface area contributed by atoms with Crippen molar-refractivity contribution in [3.8, 4) is 0 Å². The van der Waals surface area contributed by atoms with Crippen LogP contribution >= 0.6 is 0 Å². The molecule has 0 bridgehead atoms. The quantitative estimate of drug-likeness (QED) is 0.477. The molecule has 1 heterocycles. The summed E-state index contributed by atoms with van der Waals surface area (Å²) in [6.45, 7) is 15.2. The van der Waals surface area contributed by atoms with Gasteiger partial charge in [0.25, 0.3) is 0 Å². The van der Waals surface area contributed by atoms with Crippen LogP contribution < -0.4 is 5.32 Å². The molecule has 3 nitrogen and oxygen atoms in total. The molecule has 0 aliphatic heterocycles. The van der Waals surface area contributed by atoms with E-state index < -0.39 is 0 Å². The second kappa shape index (κ2) is 7.83. The van der Waals surface area contributed by atoms with Crippen LogP contribution in [0.25, 0.3) is 5.57 Å². The average molecular weight is 279 g/mol. The Morgan fingerprint density at radius 3 is 2.62 bits per heavy atom. The maximum atomic E-state index is 4.42. The number of nitrogens with one attached hydrogen (secondary N) is 1. The molecule has 1 aromatic rings. The number of anilines is 1. The van der Waals surface area contributed by atoms with Crippen LogP contribution in [0.3, 0.4) is 0 Å². The van der Waals surface area contributed by atoms with Gasteiger partial charge in [-0.05, 0) is 43.7 Å². The van der Waals surface area contributed by atoms with Gasteiger partial charge in [0, 0.05) is 30.2 Å². The third-order valence-electron chi connectivity index (χ3n) is 2.96. The molecule has 0 amide bonds. The first-order valence-corrected chi connectivity index (χ1v) is 6.58. The highest BCUT2D eigenvalue weighted by Crippen LogP contribution is 2.21. The molecule has 0 unspecified atom stereocenters. The van der Waals surface area contributed by atoms with Crippen LogP contribution in [-0.4, -0.2) is 17.7 Å². The van der Waals surface area contributed by atoms with Crippen molar-refractivity contribution in [2.24, 2.45) is 4.99 Å². The highest BCUT2D eigenvalue weighted by Gasteiger charge is 2.08. The highest BCUT2D eigenvalue weighted by atomic mass is 15.0. The van der Waals surface area contributed by atoms with E-state index in [2.05, 4.69) is 40.8 Å². The van der Waals surface area contributed by atoms with Gasteiger partial charge >= 0.3 is 0 Å². The molecule has 0 fully saturated rings. The van der Waals surface area contributed by atoms with Crippen molar-refractivity contribution in [3.05, 3.63) is 72.8 Å². The van der Waals surface area contributed by atoms with Crippen LogP contribution in [0.2, 0.25) is 0 Å². The van der Waals surface area contributed by atoms with Crippen molar-refractivity contribution in [2.75, 3.05) is 12.4 Å². The maximum absolute atomic E-state index is 4.42. The zero-order valence-electron chi connectivity index (χ0n) is 12.9. The standard InChI is InChI=1S/C18H21N3/c1-7-9-10-15(8-2)21-18-11-16(13(3)4)17(12-20-18)14(5)19-6/h8-12H,1-3H2,4-6H3,(H,20,21)/b15-10+,19-14?. The predicted molar refractivity (Wildman–Crippen MR) is 92.7 cm³/mol. The topological polar surface area (TPSA) is 37.3 Å². The zero-order valence-corrected chi connectivity index (χ0v) is 12.9. The Morgan fingerprint density at radius 1 is 1.38 bits per heavy atom. The fourth-order valence-electron chi connectivity index (χ4n) is 1.74. The van der Waals surface area contributed by atoms with Gasteiger partial charge in [0.05, 0.1) is 0 Å². The molecule has 3 heteroatoms. The van der Waals surface area contributed by atoms with Crippen molar-refractivity contribution < 1.29 is 0 Å². The lowest BCUT2D eigenvalue weighted by Crippen LogP contribution is -2.05. The number of nitrogens with zero attached hydrogens (tertiary/aromatic N) is 2. The van der Waals surface area contributed by atoms with Crippen molar-refractivity contribution in [1.29, 1.82) is 0 Å². The summed E-state index contributed by atoms with van der Waals surface area (Å²) in [7, 11) is 1.77. The second-order valence-corrected chi connectivity index (χ2v) is 4.53. The second-order valence-electron chi connectivity index (χ2n) is 4.53. The molecule has 0 saturated carbocycles. The Kier molecular flexibility index (Phi) is 6.12. The van der Waals surface area contributed by atoms with Gasteiger partial charge in [0.15, 0.2) is 0 Å². The molecule has 0 radical (unpaired) electrons. The van der Waals surface area contributed by atoms with Crippen LogP contribution in [0.15, 0.2) is 66.6 Å². The van der Waals surface area contributed by atoms with Gasteiger partial charge in [-0.2, -0.15) is 0 Å². The zero-order chi connectivity index (χ0) is 15.8. The number of aromatic nitrogens is 1. The van der Waals surface area contributed by atoms with E-state index in [0.717, 1.165) is 33.9 Å². The van der Waals surface area contributed by atoms with Crippen LogP contribution in [0.5, 0.6) is 0 Å². The summed E-state index contributed by atoms with van der Waals surface area (Å²) in [6.07, 6.45) is 7.06. The van der Waals surface area contributed by atoms with Gasteiger partial charge in [0.1, 0.15) is 5.82 Å². The Labute approximate surface area is 126 Å². The maximum Gasteiger partial charge on any atom is 0.130 e. The van der Waals surface area contributed by atoms with Gasteiger partial charge in [-0.3, -0.25) is 4.99 Å². The first kappa shape index (κ1) is 16.4. The fraction of sp³-hybridized carbons (Fsp3) is 0.167. The first-order chi connectivity index (χ1) is 10.0. The van der Waals surface area contributed by atoms with E-state index in [1.165, 1.54) is 0 Å². The monoisotopic (exact) mass is 279 g/mol. The SMILES string of the molecule is C=C=C/C=C(\C=C)Nc1cc(C(=C)C)c(C(C)=NC)cn1. The van der Waals surface area contributed by atoms with Crippen LogP contribution in [0.4, 0.5) is 5.82 Å². The minimum Gasteiger partial charge on any atom is -0.340 e. The van der Waals surface area contributed by atoms with Crippen LogP contribution in [0, 0.1) is 0 Å². The normalized spacial score (nSPS) is 11.6. The van der Waals surface area contributed by atoms with Gasteiger partial charge in [-0.1, -0.05) is 25.3 Å². The number of pyridine rings is 1. The molecule has 21 heavy (non-hydrogen) atoms. The largest absolute Gasteiger partial charge is 0.340 e. The Balaban J connectivity index is 3.23. The molecular formula is C18H21N3. The van der Waals surface area contributed by atoms with Crippen LogP contribution in [0.1, 0.15) is 25.0 Å². The van der Waals surface area contributed by atoms with Gasteiger partial charge in [0.2, 0.25) is 0 Å². The third kappa shape index (κ3) is 4.44. The summed E-state index contributed by atoms with van der Waals surface area (Å²) < 4.78 is 0. The Bertz CT molecular complexity index is 657. The first-order valence-electron chi connectivity index (χ1n) is 6.58. The summed E-state index contributed by atoms with van der Waals surface area (Å²) in [6, 6.07) is 1.96. The third-order valence-corrected chi connectivity index (χ3v) is 2.96. The predicted octanol–water partition coefficient (Wildman–Crippen LogP) is 4.38. The molecule has 1 rings (SSSR count). The Morgan fingerprint density at radius 2 is 2.10 bits per heavy atom. The van der Waals surface area contributed by atoms with Crippen molar-refractivity contribution in [1.82, 2.24) is 4.98 Å². The van der Waals surface area contributed by atoms with Crippen molar-refractivity contribution in [3.63, 3.8) is 0 Å². The number of allylic oxidation sites excluding steroid dienone is 4. The number of rotatable bonds is 6. The smallest absolute Gasteiger partial charge is 0.130 e. The van der Waals surface area contributed by atoms with Gasteiger partial charge in [-0.15, -0.1) is 5.73 Å². The van der Waals surface area contributed by atoms with Crippen LogP contribution in [-0.2, 0) is 0 Å². The van der Waals surface area contributed by atoms with E-state index in [1.54, 1.807) is 25.4 Å². The minimum atomic E-state index is 0.726. The van der Waals surface area contributed by atoms with E-state index in [4.69, 9.17) is 0 Å². The molecule has 0 spiro atoms. The lowest BCUT2D eigenvalue weighted by Gasteiger charge is -2.12. The number of aliphatic imine (C=N–C) groups is 1. The number of hydrogen-bond acceptors (Lipinski definition) is 3. The molecule has 0 saturated heterocycles. The average Bonchev–Trinajstić information content (AvgIpc) is 2.50. The van der Waals surface area contributed by atoms with E-state index in [1.807, 2.05) is 26.0 Å². The van der Waals surface area contributed by atoms with Crippen molar-refractivity contribution in [2.45, 2.75) is 13.8 Å². The summed E-state index contributed by atoms with van der Waals surface area (Å²) in [4.78, 5) is 8.63. The lowest BCUT2D eigenvalue weighted by molar-refractivity contribution is 1.26. The summed E-state index contributed by atoms with van der Waals surface area (Å²) in [5.41, 5.74) is 7.42. The molecular weight excluding hydrogens is 258 g/mol. The van der Waals surface area contributed by atoms with E-state index in [0.29, 0.717) is 0 Å². The molecule has 0 aliphatic rings.